The maximum Gasteiger partial charge on any atom is 0.127 e. The maximum absolute atomic E-state index is 13.0. The Morgan fingerprint density at radius 2 is 2.24 bits per heavy atom. The molecule has 0 bridgehead atoms. The first-order valence-electron chi connectivity index (χ1n) is 5.40. The molecule has 1 aromatic heterocycles. The number of hydrogen-bond acceptors (Lipinski definition) is 3. The largest absolute Gasteiger partial charge is 0.508 e. The predicted molar refractivity (Wildman–Crippen MR) is 62.0 cm³/mol. The summed E-state index contributed by atoms with van der Waals surface area (Å²) in [6.07, 6.45) is 1.61. The number of phenols is 1. The lowest BCUT2D eigenvalue weighted by atomic mass is 10.2. The highest BCUT2D eigenvalue weighted by molar-refractivity contribution is 5.28. The molecule has 0 spiro atoms. The van der Waals surface area contributed by atoms with Crippen LogP contribution in [0.15, 0.2) is 41.0 Å². The number of benzene rings is 1. The summed E-state index contributed by atoms with van der Waals surface area (Å²) in [7, 11) is 0. The summed E-state index contributed by atoms with van der Waals surface area (Å²) >= 11 is 0. The lowest BCUT2D eigenvalue weighted by Gasteiger charge is -2.11. The van der Waals surface area contributed by atoms with Crippen LogP contribution >= 0.6 is 0 Å². The van der Waals surface area contributed by atoms with Crippen LogP contribution in [-0.2, 0) is 6.54 Å². The SMILES string of the molecule is C[C@@H](NCc1cc(O)cc(F)c1)c1ccco1. The van der Waals surface area contributed by atoms with Crippen molar-refractivity contribution >= 4 is 0 Å². The van der Waals surface area contributed by atoms with Crippen LogP contribution < -0.4 is 5.32 Å². The molecule has 0 aliphatic heterocycles. The highest BCUT2D eigenvalue weighted by Gasteiger charge is 2.07. The van der Waals surface area contributed by atoms with Crippen molar-refractivity contribution in [1.82, 2.24) is 5.32 Å². The molecular formula is C13H14FNO2. The van der Waals surface area contributed by atoms with E-state index in [1.807, 2.05) is 19.1 Å². The van der Waals surface area contributed by atoms with Crippen molar-refractivity contribution in [2.45, 2.75) is 19.5 Å². The average molecular weight is 235 g/mol. The lowest BCUT2D eigenvalue weighted by Crippen LogP contribution is -2.17. The fourth-order valence-corrected chi connectivity index (χ4v) is 1.64. The predicted octanol–water partition coefficient (Wildman–Crippen LogP) is 2.98. The summed E-state index contributed by atoms with van der Waals surface area (Å²) in [4.78, 5) is 0. The van der Waals surface area contributed by atoms with E-state index in [9.17, 15) is 9.50 Å². The Morgan fingerprint density at radius 3 is 2.88 bits per heavy atom. The van der Waals surface area contributed by atoms with E-state index in [1.165, 1.54) is 12.1 Å². The Labute approximate surface area is 98.9 Å². The number of aromatic hydroxyl groups is 1. The Hall–Kier alpha value is -1.81. The highest BCUT2D eigenvalue weighted by atomic mass is 19.1. The third-order valence-corrected chi connectivity index (χ3v) is 2.52. The molecule has 0 unspecified atom stereocenters. The fraction of sp³-hybridized carbons (Fsp3) is 0.231. The smallest absolute Gasteiger partial charge is 0.127 e. The molecule has 4 heteroatoms. The van der Waals surface area contributed by atoms with Gasteiger partial charge in [0.1, 0.15) is 17.3 Å². The third-order valence-electron chi connectivity index (χ3n) is 2.52. The van der Waals surface area contributed by atoms with Crippen LogP contribution in [0.3, 0.4) is 0 Å². The molecule has 0 fully saturated rings. The van der Waals surface area contributed by atoms with Crippen LogP contribution in [0.1, 0.15) is 24.3 Å². The Kier molecular flexibility index (Phi) is 3.44. The number of halogens is 1. The standard InChI is InChI=1S/C13H14FNO2/c1-9(13-3-2-4-17-13)15-8-10-5-11(14)7-12(16)6-10/h2-7,9,15-16H,8H2,1H3/t9-/m1/s1. The second kappa shape index (κ2) is 5.01. The molecule has 0 saturated carbocycles. The zero-order chi connectivity index (χ0) is 12.3. The van der Waals surface area contributed by atoms with E-state index in [2.05, 4.69) is 5.32 Å². The monoisotopic (exact) mass is 235 g/mol. The zero-order valence-electron chi connectivity index (χ0n) is 9.48. The summed E-state index contributed by atoms with van der Waals surface area (Å²) in [5, 5.41) is 12.4. The number of furan rings is 1. The zero-order valence-corrected chi connectivity index (χ0v) is 9.48. The normalized spacial score (nSPS) is 12.6. The van der Waals surface area contributed by atoms with Crippen molar-refractivity contribution in [3.63, 3.8) is 0 Å². The molecule has 1 atom stereocenters. The summed E-state index contributed by atoms with van der Waals surface area (Å²) in [5.74, 6) is 0.325. The second-order valence-corrected chi connectivity index (χ2v) is 3.94. The number of hydrogen-bond donors (Lipinski definition) is 2. The molecule has 0 radical (unpaired) electrons. The number of nitrogens with one attached hydrogen (secondary N) is 1. The molecule has 0 aliphatic rings. The van der Waals surface area contributed by atoms with Gasteiger partial charge in [0, 0.05) is 12.6 Å². The van der Waals surface area contributed by atoms with E-state index < -0.39 is 5.82 Å². The van der Waals surface area contributed by atoms with Crippen molar-refractivity contribution in [3.05, 3.63) is 53.7 Å². The number of rotatable bonds is 4. The first-order valence-corrected chi connectivity index (χ1v) is 5.40. The van der Waals surface area contributed by atoms with Gasteiger partial charge in [-0.1, -0.05) is 0 Å². The quantitative estimate of drug-likeness (QED) is 0.856. The topological polar surface area (TPSA) is 45.4 Å². The van der Waals surface area contributed by atoms with Gasteiger partial charge in [-0.15, -0.1) is 0 Å². The van der Waals surface area contributed by atoms with E-state index in [1.54, 1.807) is 6.26 Å². The Morgan fingerprint density at radius 1 is 1.41 bits per heavy atom. The molecule has 1 heterocycles. The summed E-state index contributed by atoms with van der Waals surface area (Å²) < 4.78 is 18.3. The molecule has 2 aromatic rings. The molecular weight excluding hydrogens is 221 g/mol. The third kappa shape index (κ3) is 3.07. The van der Waals surface area contributed by atoms with Gasteiger partial charge in [-0.05, 0) is 36.8 Å². The van der Waals surface area contributed by atoms with E-state index in [0.29, 0.717) is 12.1 Å². The van der Waals surface area contributed by atoms with Crippen LogP contribution in [0.2, 0.25) is 0 Å². The minimum atomic E-state index is -0.438. The Bertz CT molecular complexity index is 462. The minimum Gasteiger partial charge on any atom is -0.508 e. The van der Waals surface area contributed by atoms with Crippen molar-refractivity contribution < 1.29 is 13.9 Å². The first kappa shape index (κ1) is 11.7. The van der Waals surface area contributed by atoms with Gasteiger partial charge in [-0.25, -0.2) is 4.39 Å². The van der Waals surface area contributed by atoms with Crippen LogP contribution in [0.5, 0.6) is 5.75 Å². The minimum absolute atomic E-state index is 0.0374. The van der Waals surface area contributed by atoms with Gasteiger partial charge in [0.2, 0.25) is 0 Å². The molecule has 1 aromatic carbocycles. The number of phenolic OH excluding ortho intramolecular Hbond substituents is 1. The van der Waals surface area contributed by atoms with Crippen molar-refractivity contribution in [2.75, 3.05) is 0 Å². The molecule has 0 saturated heterocycles. The van der Waals surface area contributed by atoms with Gasteiger partial charge in [0.15, 0.2) is 0 Å². The van der Waals surface area contributed by atoms with Crippen LogP contribution in [0.25, 0.3) is 0 Å². The van der Waals surface area contributed by atoms with Crippen LogP contribution in [0.4, 0.5) is 4.39 Å². The fourth-order valence-electron chi connectivity index (χ4n) is 1.64. The molecule has 17 heavy (non-hydrogen) atoms. The van der Waals surface area contributed by atoms with Crippen LogP contribution in [-0.4, -0.2) is 5.11 Å². The average Bonchev–Trinajstić information content (AvgIpc) is 2.78. The van der Waals surface area contributed by atoms with Gasteiger partial charge < -0.3 is 14.8 Å². The second-order valence-electron chi connectivity index (χ2n) is 3.94. The summed E-state index contributed by atoms with van der Waals surface area (Å²) in [6.45, 7) is 2.42. The molecule has 2 rings (SSSR count). The summed E-state index contributed by atoms with van der Waals surface area (Å²) in [6, 6.07) is 7.74. The summed E-state index contributed by atoms with van der Waals surface area (Å²) in [5.41, 5.74) is 0.695. The first-order chi connectivity index (χ1) is 8.15. The van der Waals surface area contributed by atoms with E-state index in [4.69, 9.17) is 4.42 Å². The lowest BCUT2D eigenvalue weighted by molar-refractivity contribution is 0.428. The van der Waals surface area contributed by atoms with E-state index >= 15 is 0 Å². The maximum atomic E-state index is 13.0. The van der Waals surface area contributed by atoms with Gasteiger partial charge in [0.25, 0.3) is 0 Å². The van der Waals surface area contributed by atoms with E-state index in [0.717, 1.165) is 11.8 Å². The van der Waals surface area contributed by atoms with Gasteiger partial charge in [-0.3, -0.25) is 0 Å². The molecule has 90 valence electrons. The molecule has 0 aliphatic carbocycles. The molecule has 2 N–H and O–H groups in total. The van der Waals surface area contributed by atoms with Gasteiger partial charge >= 0.3 is 0 Å². The van der Waals surface area contributed by atoms with Crippen molar-refractivity contribution in [1.29, 1.82) is 0 Å². The molecule has 3 nitrogen and oxygen atoms in total. The van der Waals surface area contributed by atoms with E-state index in [-0.39, 0.29) is 11.8 Å². The van der Waals surface area contributed by atoms with Gasteiger partial charge in [-0.2, -0.15) is 0 Å². The molecule has 0 amide bonds. The highest BCUT2D eigenvalue weighted by Crippen LogP contribution is 2.17. The van der Waals surface area contributed by atoms with Crippen molar-refractivity contribution in [2.24, 2.45) is 0 Å². The Balaban J connectivity index is 1.98. The van der Waals surface area contributed by atoms with Crippen molar-refractivity contribution in [3.8, 4) is 5.75 Å². The van der Waals surface area contributed by atoms with Gasteiger partial charge in [0.05, 0.1) is 12.3 Å². The van der Waals surface area contributed by atoms with Crippen LogP contribution in [0, 0.1) is 5.82 Å².